The lowest BCUT2D eigenvalue weighted by molar-refractivity contribution is 0.417. The third kappa shape index (κ3) is 4.77. The molecule has 21 heavy (non-hydrogen) atoms. The minimum absolute atomic E-state index is 0.496. The van der Waals surface area contributed by atoms with E-state index in [-0.39, 0.29) is 0 Å². The SMILES string of the molecule is COc1ccccc1NC(=S)NCc1cc(Cl)cc(Cl)c1. The van der Waals surface area contributed by atoms with Gasteiger partial charge in [-0.05, 0) is 48.1 Å². The van der Waals surface area contributed by atoms with Crippen molar-refractivity contribution in [1.29, 1.82) is 0 Å². The van der Waals surface area contributed by atoms with Crippen LogP contribution in [0.15, 0.2) is 42.5 Å². The highest BCUT2D eigenvalue weighted by atomic mass is 35.5. The third-order valence-corrected chi connectivity index (χ3v) is 3.41. The van der Waals surface area contributed by atoms with Gasteiger partial charge in [-0.2, -0.15) is 0 Å². The van der Waals surface area contributed by atoms with Crippen molar-refractivity contribution in [2.75, 3.05) is 12.4 Å². The van der Waals surface area contributed by atoms with Crippen LogP contribution in [0.5, 0.6) is 5.75 Å². The van der Waals surface area contributed by atoms with Gasteiger partial charge in [0.2, 0.25) is 0 Å². The summed E-state index contributed by atoms with van der Waals surface area (Å²) in [4.78, 5) is 0. The first-order valence-corrected chi connectivity index (χ1v) is 7.38. The van der Waals surface area contributed by atoms with Crippen molar-refractivity contribution >= 4 is 46.2 Å². The first-order chi connectivity index (χ1) is 10.1. The molecule has 0 aliphatic rings. The maximum atomic E-state index is 5.96. The van der Waals surface area contributed by atoms with Crippen molar-refractivity contribution in [3.63, 3.8) is 0 Å². The standard InChI is InChI=1S/C15H14Cl2N2OS/c1-20-14-5-3-2-4-13(14)19-15(21)18-9-10-6-11(16)8-12(17)7-10/h2-8H,9H2,1H3,(H2,18,19,21). The second-order valence-electron chi connectivity index (χ2n) is 4.29. The van der Waals surface area contributed by atoms with Gasteiger partial charge in [0.05, 0.1) is 12.8 Å². The average molecular weight is 341 g/mol. The molecule has 2 rings (SSSR count). The quantitative estimate of drug-likeness (QED) is 0.803. The number of benzene rings is 2. The Kier molecular flexibility index (Phi) is 5.67. The van der Waals surface area contributed by atoms with Gasteiger partial charge in [-0.1, -0.05) is 35.3 Å². The molecule has 110 valence electrons. The Labute approximate surface area is 139 Å². The van der Waals surface area contributed by atoms with Gasteiger partial charge in [-0.15, -0.1) is 0 Å². The van der Waals surface area contributed by atoms with Crippen molar-refractivity contribution in [1.82, 2.24) is 5.32 Å². The van der Waals surface area contributed by atoms with E-state index >= 15 is 0 Å². The number of thiocarbonyl (C=S) groups is 1. The summed E-state index contributed by atoms with van der Waals surface area (Å²) in [5.41, 5.74) is 1.76. The molecule has 0 aromatic heterocycles. The Hall–Kier alpha value is -1.49. The van der Waals surface area contributed by atoms with Crippen LogP contribution < -0.4 is 15.4 Å². The molecular weight excluding hydrogens is 327 g/mol. The van der Waals surface area contributed by atoms with Crippen LogP contribution in [0.25, 0.3) is 0 Å². The fourth-order valence-electron chi connectivity index (χ4n) is 1.81. The summed E-state index contributed by atoms with van der Waals surface area (Å²) >= 11 is 17.2. The molecule has 0 heterocycles. The van der Waals surface area contributed by atoms with E-state index in [4.69, 9.17) is 40.2 Å². The van der Waals surface area contributed by atoms with Crippen molar-refractivity contribution in [2.45, 2.75) is 6.54 Å². The number of rotatable bonds is 4. The molecule has 0 saturated heterocycles. The van der Waals surface area contributed by atoms with E-state index in [0.717, 1.165) is 17.0 Å². The summed E-state index contributed by atoms with van der Waals surface area (Å²) < 4.78 is 5.26. The minimum atomic E-state index is 0.496. The van der Waals surface area contributed by atoms with Gasteiger partial charge in [-0.3, -0.25) is 0 Å². The van der Waals surface area contributed by atoms with E-state index in [1.807, 2.05) is 36.4 Å². The Balaban J connectivity index is 1.96. The molecule has 0 fully saturated rings. The van der Waals surface area contributed by atoms with Crippen LogP contribution in [-0.4, -0.2) is 12.2 Å². The van der Waals surface area contributed by atoms with E-state index in [1.165, 1.54) is 0 Å². The van der Waals surface area contributed by atoms with Crippen molar-refractivity contribution < 1.29 is 4.74 Å². The number of hydrogen-bond donors (Lipinski definition) is 2. The summed E-state index contributed by atoms with van der Waals surface area (Å²) in [5, 5.41) is 7.89. The maximum Gasteiger partial charge on any atom is 0.171 e. The highest BCUT2D eigenvalue weighted by Crippen LogP contribution is 2.23. The highest BCUT2D eigenvalue weighted by Gasteiger charge is 2.04. The maximum absolute atomic E-state index is 5.96. The Morgan fingerprint density at radius 1 is 1.14 bits per heavy atom. The molecule has 6 heteroatoms. The topological polar surface area (TPSA) is 33.3 Å². The number of anilines is 1. The van der Waals surface area contributed by atoms with Crippen LogP contribution in [0.1, 0.15) is 5.56 Å². The summed E-state index contributed by atoms with van der Waals surface area (Å²) in [6.45, 7) is 0.529. The largest absolute Gasteiger partial charge is 0.495 e. The van der Waals surface area contributed by atoms with E-state index < -0.39 is 0 Å². The van der Waals surface area contributed by atoms with Crippen molar-refractivity contribution in [3.8, 4) is 5.75 Å². The summed E-state index contributed by atoms with van der Waals surface area (Å²) in [5.74, 6) is 0.729. The van der Waals surface area contributed by atoms with Gasteiger partial charge in [0.15, 0.2) is 5.11 Å². The number of hydrogen-bond acceptors (Lipinski definition) is 2. The number of para-hydroxylation sites is 2. The van der Waals surface area contributed by atoms with Crippen LogP contribution in [0.4, 0.5) is 5.69 Å². The second-order valence-corrected chi connectivity index (χ2v) is 5.57. The molecule has 0 radical (unpaired) electrons. The van der Waals surface area contributed by atoms with Gasteiger partial charge in [0.25, 0.3) is 0 Å². The molecule has 0 aliphatic heterocycles. The molecular formula is C15H14Cl2N2OS. The molecule has 0 saturated carbocycles. The normalized spacial score (nSPS) is 10.0. The highest BCUT2D eigenvalue weighted by molar-refractivity contribution is 7.80. The average Bonchev–Trinajstić information content (AvgIpc) is 2.45. The lowest BCUT2D eigenvalue weighted by atomic mass is 10.2. The van der Waals surface area contributed by atoms with Crippen LogP contribution in [-0.2, 0) is 6.54 Å². The summed E-state index contributed by atoms with van der Waals surface area (Å²) in [7, 11) is 1.62. The van der Waals surface area contributed by atoms with Crippen LogP contribution in [0.2, 0.25) is 10.0 Å². The van der Waals surface area contributed by atoms with E-state index in [2.05, 4.69) is 10.6 Å². The van der Waals surface area contributed by atoms with Crippen LogP contribution >= 0.6 is 35.4 Å². The predicted molar refractivity (Wildman–Crippen MR) is 92.5 cm³/mol. The molecule has 0 unspecified atom stereocenters. The molecule has 0 atom stereocenters. The molecule has 3 nitrogen and oxygen atoms in total. The number of halogens is 2. The predicted octanol–water partition coefficient (Wildman–Crippen LogP) is 4.49. The molecule has 0 aliphatic carbocycles. The minimum Gasteiger partial charge on any atom is -0.495 e. The van der Waals surface area contributed by atoms with Crippen LogP contribution in [0, 0.1) is 0 Å². The molecule has 2 aromatic carbocycles. The summed E-state index contributed by atoms with van der Waals surface area (Å²) in [6, 6.07) is 12.9. The van der Waals surface area contributed by atoms with E-state index in [1.54, 1.807) is 13.2 Å². The smallest absolute Gasteiger partial charge is 0.171 e. The summed E-state index contributed by atoms with van der Waals surface area (Å²) in [6.07, 6.45) is 0. The van der Waals surface area contributed by atoms with Gasteiger partial charge >= 0.3 is 0 Å². The Bertz CT molecular complexity index is 629. The van der Waals surface area contributed by atoms with Crippen molar-refractivity contribution in [3.05, 3.63) is 58.1 Å². The monoisotopic (exact) mass is 340 g/mol. The zero-order valence-corrected chi connectivity index (χ0v) is 13.6. The molecule has 0 bridgehead atoms. The van der Waals surface area contributed by atoms with Gasteiger partial charge in [-0.25, -0.2) is 0 Å². The first-order valence-electron chi connectivity index (χ1n) is 6.21. The zero-order chi connectivity index (χ0) is 15.2. The first kappa shape index (κ1) is 15.9. The number of nitrogens with one attached hydrogen (secondary N) is 2. The lowest BCUT2D eigenvalue weighted by Gasteiger charge is -2.13. The fraction of sp³-hybridized carbons (Fsp3) is 0.133. The molecule has 0 spiro atoms. The van der Waals surface area contributed by atoms with Gasteiger partial charge < -0.3 is 15.4 Å². The second kappa shape index (κ2) is 7.50. The number of methoxy groups -OCH3 is 1. The molecule has 2 aromatic rings. The zero-order valence-electron chi connectivity index (χ0n) is 11.3. The van der Waals surface area contributed by atoms with E-state index in [9.17, 15) is 0 Å². The van der Waals surface area contributed by atoms with E-state index in [0.29, 0.717) is 21.7 Å². The third-order valence-electron chi connectivity index (χ3n) is 2.73. The van der Waals surface area contributed by atoms with Crippen LogP contribution in [0.3, 0.4) is 0 Å². The Morgan fingerprint density at radius 2 is 1.81 bits per heavy atom. The lowest BCUT2D eigenvalue weighted by Crippen LogP contribution is -2.28. The fourth-order valence-corrected chi connectivity index (χ4v) is 2.56. The Morgan fingerprint density at radius 3 is 2.48 bits per heavy atom. The molecule has 2 N–H and O–H groups in total. The number of ether oxygens (including phenoxy) is 1. The molecule has 0 amide bonds. The van der Waals surface area contributed by atoms with Crippen molar-refractivity contribution in [2.24, 2.45) is 0 Å². The van der Waals surface area contributed by atoms with Gasteiger partial charge in [0.1, 0.15) is 5.75 Å². The van der Waals surface area contributed by atoms with Gasteiger partial charge in [0, 0.05) is 16.6 Å².